The number of rotatable bonds is 8. The summed E-state index contributed by atoms with van der Waals surface area (Å²) in [6, 6.07) is 0. The molecule has 37 heavy (non-hydrogen) atoms. The fourth-order valence-electron chi connectivity index (χ4n) is 4.23. The first-order chi connectivity index (χ1) is 18.2. The maximum atomic E-state index is 13.2. The van der Waals surface area contributed by atoms with Crippen LogP contribution in [0.3, 0.4) is 0 Å². The normalized spacial score (nSPS) is 19.2. The molecule has 14 heteroatoms. The zero-order valence-corrected chi connectivity index (χ0v) is 22.2. The summed E-state index contributed by atoms with van der Waals surface area (Å²) in [6.45, 7) is 6.19. The van der Waals surface area contributed by atoms with E-state index in [1.54, 1.807) is 0 Å². The van der Waals surface area contributed by atoms with Gasteiger partial charge in [0.05, 0.1) is 26.6 Å². The molecule has 2 unspecified atom stereocenters. The number of aromatic nitrogens is 7. The molecule has 2 aliphatic heterocycles. The summed E-state index contributed by atoms with van der Waals surface area (Å²) in [5, 5.41) is 9.07. The van der Waals surface area contributed by atoms with Gasteiger partial charge in [-0.15, -0.1) is 10.2 Å². The summed E-state index contributed by atoms with van der Waals surface area (Å²) in [4.78, 5) is 18.8. The van der Waals surface area contributed by atoms with E-state index in [0.29, 0.717) is 48.3 Å². The summed E-state index contributed by atoms with van der Waals surface area (Å²) in [7, 11) is 3.08. The highest BCUT2D eigenvalue weighted by atomic mass is 32.2. The van der Waals surface area contributed by atoms with Crippen molar-refractivity contribution in [1.29, 1.82) is 0 Å². The van der Waals surface area contributed by atoms with Crippen LogP contribution in [0.15, 0.2) is 18.7 Å². The lowest BCUT2D eigenvalue weighted by molar-refractivity contribution is 0.103. The van der Waals surface area contributed by atoms with Gasteiger partial charge in [0.25, 0.3) is 0 Å². The molecule has 0 radical (unpaired) electrons. The number of nitrogens with one attached hydrogen (secondary N) is 1. The van der Waals surface area contributed by atoms with Crippen molar-refractivity contribution < 1.29 is 18.6 Å². The lowest BCUT2D eigenvalue weighted by Crippen LogP contribution is -2.38. The molecule has 3 aromatic heterocycles. The zero-order valence-electron chi connectivity index (χ0n) is 21.4. The van der Waals surface area contributed by atoms with Crippen molar-refractivity contribution in [2.24, 2.45) is 0 Å². The van der Waals surface area contributed by atoms with Gasteiger partial charge in [0.1, 0.15) is 12.4 Å². The minimum Gasteiger partial charge on any atom is -0.479 e. The predicted molar refractivity (Wildman–Crippen MR) is 138 cm³/mol. The quantitative estimate of drug-likeness (QED) is 0.425. The average molecular weight is 534 g/mol. The molecule has 2 saturated heterocycles. The fraction of sp³-hybridized carbons (Fsp3) is 0.565. The Bertz CT molecular complexity index is 1120. The van der Waals surface area contributed by atoms with Gasteiger partial charge in [-0.25, -0.2) is 14.4 Å². The fourth-order valence-corrected chi connectivity index (χ4v) is 5.17. The molecule has 5 rings (SSSR count). The van der Waals surface area contributed by atoms with Crippen molar-refractivity contribution in [1.82, 2.24) is 34.7 Å². The predicted octanol–water partition coefficient (Wildman–Crippen LogP) is 3.61. The van der Waals surface area contributed by atoms with Crippen LogP contribution in [0.5, 0.6) is 11.8 Å². The molecule has 200 valence electrons. The number of hydrogen-bond donors (Lipinski definition) is 1. The van der Waals surface area contributed by atoms with Gasteiger partial charge in [0.2, 0.25) is 23.7 Å². The number of anilines is 2. The molecule has 0 aliphatic carbocycles. The molecule has 2 fully saturated rings. The highest BCUT2D eigenvalue weighted by Gasteiger charge is 2.31. The Morgan fingerprint density at radius 1 is 1.03 bits per heavy atom. The van der Waals surface area contributed by atoms with Crippen LogP contribution < -0.4 is 19.1 Å². The van der Waals surface area contributed by atoms with Crippen LogP contribution in [0.2, 0.25) is 0 Å². The van der Waals surface area contributed by atoms with Crippen LogP contribution in [0.1, 0.15) is 51.5 Å². The Morgan fingerprint density at radius 2 is 1.76 bits per heavy atom. The van der Waals surface area contributed by atoms with Gasteiger partial charge < -0.3 is 19.1 Å². The number of hydrogen-bond acceptors (Lipinski definition) is 12. The van der Waals surface area contributed by atoms with Gasteiger partial charge in [0.15, 0.2) is 17.3 Å². The van der Waals surface area contributed by atoms with Crippen LogP contribution in [0, 0.1) is 5.82 Å². The standard InChI is InChI=1S/C21H26FN9O3S.C2H6/c1-32-18-16(19(33-2)26-12-25-18)31-17(15-6-4-8-34-15)27-28-21(31)29-35-14-5-3-7-30(11-14)20-23-9-13(22)10-24-20;1-2/h9-10,12,14-15H,3-8,11H2,1-2H3,(H,28,29);1-2H3. The van der Waals surface area contributed by atoms with Crippen molar-refractivity contribution in [2.75, 3.05) is 43.5 Å². The Hall–Kier alpha value is -3.26. The lowest BCUT2D eigenvalue weighted by atomic mass is 10.1. The third-order valence-electron chi connectivity index (χ3n) is 5.86. The molecule has 0 aromatic carbocycles. The largest absolute Gasteiger partial charge is 0.479 e. The Morgan fingerprint density at radius 3 is 2.41 bits per heavy atom. The van der Waals surface area contributed by atoms with Crippen LogP contribution in [0.4, 0.5) is 16.3 Å². The second kappa shape index (κ2) is 12.8. The van der Waals surface area contributed by atoms with Crippen LogP contribution in [-0.4, -0.2) is 73.9 Å². The van der Waals surface area contributed by atoms with Gasteiger partial charge in [-0.05, 0) is 37.6 Å². The Labute approximate surface area is 219 Å². The van der Waals surface area contributed by atoms with Crippen molar-refractivity contribution in [3.63, 3.8) is 0 Å². The molecule has 2 aliphatic rings. The lowest BCUT2D eigenvalue weighted by Gasteiger charge is -2.32. The van der Waals surface area contributed by atoms with E-state index in [0.717, 1.165) is 32.2 Å². The number of halogens is 1. The molecule has 3 aromatic rings. The third kappa shape index (κ3) is 6.01. The third-order valence-corrected chi connectivity index (χ3v) is 6.87. The first-order valence-corrected chi connectivity index (χ1v) is 13.2. The van der Waals surface area contributed by atoms with Crippen molar-refractivity contribution >= 4 is 23.8 Å². The maximum absolute atomic E-state index is 13.2. The first-order valence-electron chi connectivity index (χ1n) is 12.3. The molecule has 2 atom stereocenters. The maximum Gasteiger partial charge on any atom is 0.245 e. The minimum atomic E-state index is -0.449. The smallest absolute Gasteiger partial charge is 0.245 e. The molecular weight excluding hydrogens is 501 g/mol. The number of ether oxygens (including phenoxy) is 3. The van der Waals surface area contributed by atoms with E-state index in [1.807, 2.05) is 18.4 Å². The summed E-state index contributed by atoms with van der Waals surface area (Å²) in [5.74, 6) is 1.86. The topological polar surface area (TPSA) is 125 Å². The Balaban J connectivity index is 0.00000156. The summed E-state index contributed by atoms with van der Waals surface area (Å²) < 4.78 is 35.3. The summed E-state index contributed by atoms with van der Waals surface area (Å²) >= 11 is 1.54. The van der Waals surface area contributed by atoms with Gasteiger partial charge in [0, 0.05) is 24.9 Å². The number of nitrogens with zero attached hydrogens (tertiary/aromatic N) is 8. The summed E-state index contributed by atoms with van der Waals surface area (Å²) in [5.41, 5.74) is 0.501. The SMILES string of the molecule is CC.COc1ncnc(OC)c1-n1c(NSC2CCCN(c3ncc(F)cn3)C2)nnc1C1CCCO1. The van der Waals surface area contributed by atoms with Crippen LogP contribution in [-0.2, 0) is 4.74 Å². The van der Waals surface area contributed by atoms with E-state index in [4.69, 9.17) is 14.2 Å². The molecule has 12 nitrogen and oxygen atoms in total. The van der Waals surface area contributed by atoms with Crippen molar-refractivity contribution in [2.45, 2.75) is 50.9 Å². The number of piperidine rings is 1. The van der Waals surface area contributed by atoms with E-state index >= 15 is 0 Å². The molecule has 0 bridgehead atoms. The molecule has 0 amide bonds. The van der Waals surface area contributed by atoms with Gasteiger partial charge in [-0.3, -0.25) is 9.29 Å². The molecule has 0 saturated carbocycles. The van der Waals surface area contributed by atoms with Gasteiger partial charge >= 0.3 is 0 Å². The van der Waals surface area contributed by atoms with Crippen molar-refractivity contribution in [3.05, 3.63) is 30.4 Å². The molecule has 5 heterocycles. The van der Waals surface area contributed by atoms with Crippen molar-refractivity contribution in [3.8, 4) is 17.4 Å². The van der Waals surface area contributed by atoms with E-state index in [9.17, 15) is 4.39 Å². The average Bonchev–Trinajstić information content (AvgIpc) is 3.63. The van der Waals surface area contributed by atoms with E-state index in [-0.39, 0.29) is 11.4 Å². The van der Waals surface area contributed by atoms with E-state index in [1.165, 1.54) is 44.9 Å². The van der Waals surface area contributed by atoms with Gasteiger partial charge in [-0.1, -0.05) is 13.8 Å². The van der Waals surface area contributed by atoms with Crippen LogP contribution >= 0.6 is 11.9 Å². The highest BCUT2D eigenvalue weighted by molar-refractivity contribution is 8.01. The zero-order chi connectivity index (χ0) is 26.2. The highest BCUT2D eigenvalue weighted by Crippen LogP contribution is 2.37. The monoisotopic (exact) mass is 533 g/mol. The number of methoxy groups -OCH3 is 2. The summed E-state index contributed by atoms with van der Waals surface area (Å²) in [6.07, 6.45) is 7.28. The van der Waals surface area contributed by atoms with E-state index < -0.39 is 5.82 Å². The molecular formula is C23H32FN9O3S. The molecule has 1 N–H and O–H groups in total. The molecule has 0 spiro atoms. The Kier molecular flexibility index (Phi) is 9.28. The van der Waals surface area contributed by atoms with Crippen LogP contribution in [0.25, 0.3) is 5.69 Å². The van der Waals surface area contributed by atoms with E-state index in [2.05, 4.69) is 39.8 Å². The second-order valence-electron chi connectivity index (χ2n) is 8.09. The first kappa shape index (κ1) is 26.8. The second-order valence-corrected chi connectivity index (χ2v) is 9.20. The minimum absolute atomic E-state index is 0.210. The van der Waals surface area contributed by atoms with Gasteiger partial charge in [-0.2, -0.15) is 9.97 Å².